The van der Waals surface area contributed by atoms with E-state index in [-0.39, 0.29) is 11.4 Å². The molecule has 74 valence electrons. The second kappa shape index (κ2) is 2.73. The third-order valence-corrected chi connectivity index (χ3v) is 2.90. The highest BCUT2D eigenvalue weighted by atomic mass is 16.2. The summed E-state index contributed by atoms with van der Waals surface area (Å²) in [5.74, 6) is 2.27. The van der Waals surface area contributed by atoms with Gasteiger partial charge in [-0.15, -0.1) is 0 Å². The number of carbonyl (C=O) groups excluding carboxylic acids is 1. The van der Waals surface area contributed by atoms with Gasteiger partial charge in [0.05, 0.1) is 0 Å². The standard InChI is InChI=1S/C11H19NO/c1-11(2,3)12-10(13)9-6-8(9)7-4-5-7/h7-9H,4-6H2,1-3H3,(H,12,13). The summed E-state index contributed by atoms with van der Waals surface area (Å²) in [6, 6.07) is 0. The Morgan fingerprint density at radius 2 is 1.92 bits per heavy atom. The number of amides is 1. The van der Waals surface area contributed by atoms with Gasteiger partial charge in [-0.2, -0.15) is 0 Å². The van der Waals surface area contributed by atoms with Crippen LogP contribution in [0, 0.1) is 17.8 Å². The molecule has 0 saturated heterocycles. The van der Waals surface area contributed by atoms with Crippen molar-refractivity contribution in [1.82, 2.24) is 5.32 Å². The largest absolute Gasteiger partial charge is 0.351 e. The number of carbonyl (C=O) groups is 1. The van der Waals surface area contributed by atoms with Crippen LogP contribution in [0.5, 0.6) is 0 Å². The topological polar surface area (TPSA) is 29.1 Å². The van der Waals surface area contributed by atoms with Gasteiger partial charge in [-0.05, 0) is 51.9 Å². The zero-order valence-corrected chi connectivity index (χ0v) is 8.76. The summed E-state index contributed by atoms with van der Waals surface area (Å²) in [4.78, 5) is 11.7. The average Bonchev–Trinajstić information content (AvgIpc) is 2.79. The van der Waals surface area contributed by atoms with Gasteiger partial charge in [0.15, 0.2) is 0 Å². The van der Waals surface area contributed by atoms with Crippen LogP contribution in [-0.4, -0.2) is 11.4 Å². The van der Waals surface area contributed by atoms with E-state index in [1.54, 1.807) is 0 Å². The van der Waals surface area contributed by atoms with E-state index >= 15 is 0 Å². The van der Waals surface area contributed by atoms with Crippen molar-refractivity contribution < 1.29 is 4.79 Å². The van der Waals surface area contributed by atoms with Gasteiger partial charge in [-0.1, -0.05) is 0 Å². The molecule has 2 nitrogen and oxygen atoms in total. The molecule has 2 atom stereocenters. The molecule has 2 heteroatoms. The maximum atomic E-state index is 11.7. The summed E-state index contributed by atoms with van der Waals surface area (Å²) in [7, 11) is 0. The SMILES string of the molecule is CC(C)(C)NC(=O)C1CC1C1CC1. The van der Waals surface area contributed by atoms with E-state index in [4.69, 9.17) is 0 Å². The highest BCUT2D eigenvalue weighted by molar-refractivity contribution is 5.82. The lowest BCUT2D eigenvalue weighted by molar-refractivity contribution is -0.124. The Hall–Kier alpha value is -0.530. The molecule has 1 amide bonds. The van der Waals surface area contributed by atoms with Crippen LogP contribution in [-0.2, 0) is 4.79 Å². The fraction of sp³-hybridized carbons (Fsp3) is 0.909. The van der Waals surface area contributed by atoms with Crippen LogP contribution in [0.4, 0.5) is 0 Å². The molecule has 2 fully saturated rings. The molecule has 0 radical (unpaired) electrons. The van der Waals surface area contributed by atoms with E-state index in [1.165, 1.54) is 12.8 Å². The van der Waals surface area contributed by atoms with Crippen LogP contribution < -0.4 is 5.32 Å². The first-order valence-corrected chi connectivity index (χ1v) is 5.29. The summed E-state index contributed by atoms with van der Waals surface area (Å²) >= 11 is 0. The highest BCUT2D eigenvalue weighted by Gasteiger charge is 2.51. The maximum Gasteiger partial charge on any atom is 0.223 e. The molecular formula is C11H19NO. The zero-order valence-electron chi connectivity index (χ0n) is 8.76. The Morgan fingerprint density at radius 1 is 1.31 bits per heavy atom. The minimum atomic E-state index is -0.0617. The Morgan fingerprint density at radius 3 is 2.38 bits per heavy atom. The summed E-state index contributed by atoms with van der Waals surface area (Å²) in [5.41, 5.74) is -0.0617. The quantitative estimate of drug-likeness (QED) is 0.693. The summed E-state index contributed by atoms with van der Waals surface area (Å²) in [6.07, 6.45) is 3.88. The number of rotatable bonds is 2. The first-order valence-electron chi connectivity index (χ1n) is 5.29. The first-order chi connectivity index (χ1) is 5.97. The summed E-state index contributed by atoms with van der Waals surface area (Å²) < 4.78 is 0. The third kappa shape index (κ3) is 2.23. The predicted molar refractivity (Wildman–Crippen MR) is 52.2 cm³/mol. The Kier molecular flexibility index (Phi) is 1.90. The van der Waals surface area contributed by atoms with Gasteiger partial charge in [0.1, 0.15) is 0 Å². The number of hydrogen-bond acceptors (Lipinski definition) is 1. The lowest BCUT2D eigenvalue weighted by atomic mass is 10.1. The van der Waals surface area contributed by atoms with Gasteiger partial charge in [0, 0.05) is 11.5 Å². The smallest absolute Gasteiger partial charge is 0.223 e. The van der Waals surface area contributed by atoms with Gasteiger partial charge >= 0.3 is 0 Å². The molecule has 2 unspecified atom stereocenters. The second-order valence-corrected chi connectivity index (χ2v) is 5.58. The van der Waals surface area contributed by atoms with E-state index in [1.807, 2.05) is 20.8 Å². The Balaban J connectivity index is 1.79. The van der Waals surface area contributed by atoms with Crippen LogP contribution in [0.15, 0.2) is 0 Å². The van der Waals surface area contributed by atoms with E-state index in [2.05, 4.69) is 5.32 Å². The van der Waals surface area contributed by atoms with Gasteiger partial charge in [0.25, 0.3) is 0 Å². The van der Waals surface area contributed by atoms with Crippen LogP contribution in [0.3, 0.4) is 0 Å². The number of hydrogen-bond donors (Lipinski definition) is 1. The average molecular weight is 181 g/mol. The molecular weight excluding hydrogens is 162 g/mol. The molecule has 2 aliphatic carbocycles. The third-order valence-electron chi connectivity index (χ3n) is 2.90. The van der Waals surface area contributed by atoms with Gasteiger partial charge in [-0.3, -0.25) is 4.79 Å². The van der Waals surface area contributed by atoms with Crippen molar-refractivity contribution in [2.75, 3.05) is 0 Å². The predicted octanol–water partition coefficient (Wildman–Crippen LogP) is 1.95. The second-order valence-electron chi connectivity index (χ2n) is 5.58. The molecule has 1 N–H and O–H groups in total. The molecule has 0 aromatic carbocycles. The van der Waals surface area contributed by atoms with E-state index in [9.17, 15) is 4.79 Å². The lowest BCUT2D eigenvalue weighted by Crippen LogP contribution is -2.41. The number of nitrogens with one attached hydrogen (secondary N) is 1. The van der Waals surface area contributed by atoms with Crippen molar-refractivity contribution in [3.63, 3.8) is 0 Å². The van der Waals surface area contributed by atoms with Crippen molar-refractivity contribution in [2.45, 2.75) is 45.6 Å². The van der Waals surface area contributed by atoms with Crippen molar-refractivity contribution in [3.8, 4) is 0 Å². The molecule has 0 aromatic rings. The highest BCUT2D eigenvalue weighted by Crippen LogP contribution is 2.54. The van der Waals surface area contributed by atoms with Crippen molar-refractivity contribution in [3.05, 3.63) is 0 Å². The van der Waals surface area contributed by atoms with Gasteiger partial charge in [0.2, 0.25) is 5.91 Å². The lowest BCUT2D eigenvalue weighted by Gasteiger charge is -2.20. The van der Waals surface area contributed by atoms with Crippen molar-refractivity contribution >= 4 is 5.91 Å². The molecule has 0 heterocycles. The summed E-state index contributed by atoms with van der Waals surface area (Å²) in [5, 5.41) is 3.05. The Labute approximate surface area is 80.1 Å². The maximum absolute atomic E-state index is 11.7. The van der Waals surface area contributed by atoms with Crippen molar-refractivity contribution in [1.29, 1.82) is 0 Å². The van der Waals surface area contributed by atoms with Crippen LogP contribution >= 0.6 is 0 Å². The molecule has 2 aliphatic rings. The normalized spacial score (nSPS) is 32.8. The zero-order chi connectivity index (χ0) is 9.64. The van der Waals surface area contributed by atoms with Gasteiger partial charge < -0.3 is 5.32 Å². The van der Waals surface area contributed by atoms with Gasteiger partial charge in [-0.25, -0.2) is 0 Å². The minimum absolute atomic E-state index is 0.0617. The molecule has 2 saturated carbocycles. The molecule has 0 aromatic heterocycles. The molecule has 0 spiro atoms. The molecule has 2 rings (SSSR count). The van der Waals surface area contributed by atoms with E-state index in [0.717, 1.165) is 18.3 Å². The van der Waals surface area contributed by atoms with Crippen LogP contribution in [0.2, 0.25) is 0 Å². The fourth-order valence-electron chi connectivity index (χ4n) is 2.02. The molecule has 0 aliphatic heterocycles. The minimum Gasteiger partial charge on any atom is -0.351 e. The van der Waals surface area contributed by atoms with Crippen LogP contribution in [0.25, 0.3) is 0 Å². The molecule has 13 heavy (non-hydrogen) atoms. The first kappa shape index (κ1) is 9.04. The monoisotopic (exact) mass is 181 g/mol. The Bertz CT molecular complexity index is 225. The fourth-order valence-corrected chi connectivity index (χ4v) is 2.02. The van der Waals surface area contributed by atoms with E-state index in [0.29, 0.717) is 5.92 Å². The van der Waals surface area contributed by atoms with E-state index < -0.39 is 0 Å². The van der Waals surface area contributed by atoms with Crippen molar-refractivity contribution in [2.24, 2.45) is 17.8 Å². The summed E-state index contributed by atoms with van der Waals surface area (Å²) in [6.45, 7) is 6.12. The molecule has 0 bridgehead atoms. The van der Waals surface area contributed by atoms with Crippen LogP contribution in [0.1, 0.15) is 40.0 Å².